The fourth-order valence-electron chi connectivity index (χ4n) is 2.42. The van der Waals surface area contributed by atoms with Gasteiger partial charge in [-0.15, -0.1) is 0 Å². The molecule has 0 radical (unpaired) electrons. The fraction of sp³-hybridized carbons (Fsp3) is 0.571. The third-order valence-electron chi connectivity index (χ3n) is 3.59. The van der Waals surface area contributed by atoms with Gasteiger partial charge in [0.25, 0.3) is 0 Å². The molecule has 2 rings (SSSR count). The molecule has 1 saturated heterocycles. The zero-order valence-corrected chi connectivity index (χ0v) is 12.2. The second-order valence-corrected chi connectivity index (χ2v) is 5.71. The van der Waals surface area contributed by atoms with E-state index in [9.17, 15) is 4.79 Å². The molecular formula is C14H20ClN3O. The van der Waals surface area contributed by atoms with Crippen molar-refractivity contribution in [2.45, 2.75) is 32.7 Å². The molecule has 2 atom stereocenters. The number of hydrogen-bond acceptors (Lipinski definition) is 3. The van der Waals surface area contributed by atoms with Gasteiger partial charge in [-0.2, -0.15) is 0 Å². The van der Waals surface area contributed by atoms with E-state index in [1.54, 1.807) is 12.1 Å². The molecule has 0 spiro atoms. The van der Waals surface area contributed by atoms with Gasteiger partial charge >= 0.3 is 0 Å². The van der Waals surface area contributed by atoms with Crippen LogP contribution >= 0.6 is 11.6 Å². The monoisotopic (exact) mass is 281 g/mol. The van der Waals surface area contributed by atoms with Crippen LogP contribution in [0, 0.1) is 5.92 Å². The number of pyridine rings is 1. The Balaban J connectivity index is 1.93. The number of piperidine rings is 1. The Bertz CT molecular complexity index is 435. The average molecular weight is 282 g/mol. The van der Waals surface area contributed by atoms with E-state index in [0.717, 1.165) is 19.5 Å². The van der Waals surface area contributed by atoms with Crippen molar-refractivity contribution in [1.82, 2.24) is 9.88 Å². The van der Waals surface area contributed by atoms with Crippen LogP contribution in [0.3, 0.4) is 0 Å². The van der Waals surface area contributed by atoms with E-state index >= 15 is 0 Å². The number of aromatic nitrogens is 1. The number of nitrogens with zero attached hydrogens (tertiary/aromatic N) is 2. The van der Waals surface area contributed by atoms with Crippen LogP contribution < -0.4 is 5.32 Å². The van der Waals surface area contributed by atoms with Crippen molar-refractivity contribution < 1.29 is 4.79 Å². The molecule has 1 aliphatic heterocycles. The standard InChI is InChI=1S/C14H20ClN3O/c1-10-4-3-7-18(9-10)11(2)14(19)17-13-6-5-12(15)8-16-13/h5-6,8,10-11H,3-4,7,9H2,1-2H3,(H,16,17,19)/t10-,11-/m0/s1. The van der Waals surface area contributed by atoms with Gasteiger partial charge < -0.3 is 5.32 Å². The van der Waals surface area contributed by atoms with Crippen molar-refractivity contribution >= 4 is 23.3 Å². The number of nitrogens with one attached hydrogen (secondary N) is 1. The van der Waals surface area contributed by atoms with Crippen molar-refractivity contribution in [1.29, 1.82) is 0 Å². The van der Waals surface area contributed by atoms with Crippen molar-refractivity contribution in [3.8, 4) is 0 Å². The molecule has 0 saturated carbocycles. The van der Waals surface area contributed by atoms with Crippen LogP contribution in [-0.4, -0.2) is 34.9 Å². The minimum absolute atomic E-state index is 0.0103. The van der Waals surface area contributed by atoms with Crippen LogP contribution in [0.15, 0.2) is 18.3 Å². The van der Waals surface area contributed by atoms with Crippen molar-refractivity contribution in [2.75, 3.05) is 18.4 Å². The van der Waals surface area contributed by atoms with E-state index in [4.69, 9.17) is 11.6 Å². The molecule has 0 aromatic carbocycles. The fourth-order valence-corrected chi connectivity index (χ4v) is 2.54. The molecule has 1 aliphatic rings. The number of carbonyl (C=O) groups excluding carboxylic acids is 1. The van der Waals surface area contributed by atoms with E-state index in [1.807, 2.05) is 6.92 Å². The van der Waals surface area contributed by atoms with Crippen molar-refractivity contribution in [3.05, 3.63) is 23.4 Å². The molecule has 1 N–H and O–H groups in total. The summed E-state index contributed by atoms with van der Waals surface area (Å²) in [6, 6.07) is 3.31. The minimum atomic E-state index is -0.125. The summed E-state index contributed by atoms with van der Waals surface area (Å²) in [4.78, 5) is 18.5. The first-order valence-corrected chi connectivity index (χ1v) is 7.10. The third-order valence-corrected chi connectivity index (χ3v) is 3.82. The smallest absolute Gasteiger partial charge is 0.242 e. The van der Waals surface area contributed by atoms with Gasteiger partial charge in [-0.3, -0.25) is 9.69 Å². The zero-order chi connectivity index (χ0) is 13.8. The number of amides is 1. The zero-order valence-electron chi connectivity index (χ0n) is 11.4. The summed E-state index contributed by atoms with van der Waals surface area (Å²) in [6.45, 7) is 6.16. The molecule has 4 nitrogen and oxygen atoms in total. The normalized spacial score (nSPS) is 21.9. The molecule has 1 aromatic heterocycles. The Labute approximate surface area is 119 Å². The lowest BCUT2D eigenvalue weighted by Gasteiger charge is -2.34. The van der Waals surface area contributed by atoms with E-state index in [2.05, 4.69) is 22.1 Å². The highest BCUT2D eigenvalue weighted by Crippen LogP contribution is 2.18. The first-order valence-electron chi connectivity index (χ1n) is 6.72. The van der Waals surface area contributed by atoms with Crippen LogP contribution in [0.2, 0.25) is 5.02 Å². The molecule has 1 amide bonds. The molecule has 5 heteroatoms. The Morgan fingerprint density at radius 2 is 2.37 bits per heavy atom. The summed E-state index contributed by atoms with van der Waals surface area (Å²) in [6.07, 6.45) is 3.95. The molecule has 0 unspecified atom stereocenters. The summed E-state index contributed by atoms with van der Waals surface area (Å²) in [7, 11) is 0. The summed E-state index contributed by atoms with van der Waals surface area (Å²) < 4.78 is 0. The number of anilines is 1. The third kappa shape index (κ3) is 3.91. The maximum absolute atomic E-state index is 12.2. The molecule has 104 valence electrons. The topological polar surface area (TPSA) is 45.2 Å². The summed E-state index contributed by atoms with van der Waals surface area (Å²) >= 11 is 5.77. The van der Waals surface area contributed by atoms with Crippen molar-refractivity contribution in [2.24, 2.45) is 5.92 Å². The summed E-state index contributed by atoms with van der Waals surface area (Å²) in [5.41, 5.74) is 0. The average Bonchev–Trinajstić information content (AvgIpc) is 2.40. The number of halogens is 1. The highest BCUT2D eigenvalue weighted by atomic mass is 35.5. The van der Waals surface area contributed by atoms with Gasteiger partial charge in [-0.25, -0.2) is 4.98 Å². The van der Waals surface area contributed by atoms with Crippen molar-refractivity contribution in [3.63, 3.8) is 0 Å². The van der Waals surface area contributed by atoms with Crippen LogP contribution in [0.25, 0.3) is 0 Å². The molecule has 19 heavy (non-hydrogen) atoms. The van der Waals surface area contributed by atoms with E-state index < -0.39 is 0 Å². The summed E-state index contributed by atoms with van der Waals surface area (Å²) in [5.74, 6) is 1.20. The molecule has 2 heterocycles. The minimum Gasteiger partial charge on any atom is -0.309 e. The van der Waals surface area contributed by atoms with Gasteiger partial charge in [-0.05, 0) is 44.4 Å². The molecule has 0 aliphatic carbocycles. The van der Waals surface area contributed by atoms with E-state index in [-0.39, 0.29) is 11.9 Å². The van der Waals surface area contributed by atoms with Crippen LogP contribution in [-0.2, 0) is 4.79 Å². The van der Waals surface area contributed by atoms with Crippen LogP contribution in [0.5, 0.6) is 0 Å². The Hall–Kier alpha value is -1.13. The first-order chi connectivity index (χ1) is 9.06. The quantitative estimate of drug-likeness (QED) is 0.927. The van der Waals surface area contributed by atoms with Gasteiger partial charge in [0.15, 0.2) is 0 Å². The Kier molecular flexibility index (Phi) is 4.77. The Morgan fingerprint density at radius 1 is 1.58 bits per heavy atom. The highest BCUT2D eigenvalue weighted by molar-refractivity contribution is 6.30. The van der Waals surface area contributed by atoms with Gasteiger partial charge in [0.1, 0.15) is 5.82 Å². The van der Waals surface area contributed by atoms with Crippen LogP contribution in [0.4, 0.5) is 5.82 Å². The molecule has 1 fully saturated rings. The highest BCUT2D eigenvalue weighted by Gasteiger charge is 2.25. The number of hydrogen-bond donors (Lipinski definition) is 1. The van der Waals surface area contributed by atoms with Crippen LogP contribution in [0.1, 0.15) is 26.7 Å². The lowest BCUT2D eigenvalue weighted by atomic mass is 9.99. The van der Waals surface area contributed by atoms with Gasteiger partial charge in [0.2, 0.25) is 5.91 Å². The predicted molar refractivity (Wildman–Crippen MR) is 77.3 cm³/mol. The van der Waals surface area contributed by atoms with Gasteiger partial charge in [0, 0.05) is 12.7 Å². The van der Waals surface area contributed by atoms with Gasteiger partial charge in [0.05, 0.1) is 11.1 Å². The predicted octanol–water partition coefficient (Wildman–Crippen LogP) is 2.79. The molecule has 1 aromatic rings. The lowest BCUT2D eigenvalue weighted by Crippen LogP contribution is -2.46. The SMILES string of the molecule is C[C@H]1CCCN([C@@H](C)C(=O)Nc2ccc(Cl)cn2)C1. The van der Waals surface area contributed by atoms with Gasteiger partial charge in [-0.1, -0.05) is 18.5 Å². The molecule has 0 bridgehead atoms. The maximum atomic E-state index is 12.2. The Morgan fingerprint density at radius 3 is 3.00 bits per heavy atom. The number of carbonyl (C=O) groups is 1. The largest absolute Gasteiger partial charge is 0.309 e. The summed E-state index contributed by atoms with van der Waals surface area (Å²) in [5, 5.41) is 3.40. The lowest BCUT2D eigenvalue weighted by molar-refractivity contribution is -0.121. The molecular weight excluding hydrogens is 262 g/mol. The maximum Gasteiger partial charge on any atom is 0.242 e. The first kappa shape index (κ1) is 14.3. The second-order valence-electron chi connectivity index (χ2n) is 5.27. The second kappa shape index (κ2) is 6.35. The van der Waals surface area contributed by atoms with E-state index in [1.165, 1.54) is 12.6 Å². The number of likely N-dealkylation sites (tertiary alicyclic amines) is 1. The van der Waals surface area contributed by atoms with E-state index in [0.29, 0.717) is 16.8 Å². The number of rotatable bonds is 3.